The second-order valence-corrected chi connectivity index (χ2v) is 5.07. The van der Waals surface area contributed by atoms with Gasteiger partial charge in [0.25, 0.3) is 0 Å². The second-order valence-electron chi connectivity index (χ2n) is 5.07. The number of hydrogen-bond acceptors (Lipinski definition) is 7. The lowest BCUT2D eigenvalue weighted by molar-refractivity contribution is -0.292. The number of benzene rings is 1. The molecular weight excluding hydrogens is 290 g/mol. The summed E-state index contributed by atoms with van der Waals surface area (Å²) in [4.78, 5) is 0. The van der Waals surface area contributed by atoms with E-state index in [1.165, 1.54) is 14.2 Å². The van der Waals surface area contributed by atoms with Gasteiger partial charge in [-0.1, -0.05) is 0 Å². The summed E-state index contributed by atoms with van der Waals surface area (Å²) in [5.41, 5.74) is 6.32. The molecule has 7 heteroatoms. The second kappa shape index (κ2) is 7.75. The zero-order chi connectivity index (χ0) is 16.1. The molecular formula is C15H23NO6. The summed E-state index contributed by atoms with van der Waals surface area (Å²) in [6.45, 7) is 0.257. The fourth-order valence-electron chi connectivity index (χ4n) is 2.56. The van der Waals surface area contributed by atoms with Crippen molar-refractivity contribution in [2.75, 3.05) is 33.7 Å². The monoisotopic (exact) mass is 313 g/mol. The van der Waals surface area contributed by atoms with Crippen LogP contribution >= 0.6 is 0 Å². The maximum Gasteiger partial charge on any atom is 0.184 e. The standard InChI is InChI=1S/C15H23NO6/c1-18-8-11-12(21-10-6-4-9(16)5-7-10)13(19-2)14(20-3)15(17)22-11/h4-7,11-15,17H,8,16H2,1-3H3/t11-,12+,13+,14-,15+/m1/s1. The molecule has 1 aromatic carbocycles. The third kappa shape index (κ3) is 3.68. The zero-order valence-corrected chi connectivity index (χ0v) is 13.0. The van der Waals surface area contributed by atoms with Crippen LogP contribution in [-0.2, 0) is 18.9 Å². The van der Waals surface area contributed by atoms with Crippen LogP contribution in [-0.4, -0.2) is 63.7 Å². The molecule has 0 aromatic heterocycles. The fraction of sp³-hybridized carbons (Fsp3) is 0.600. The van der Waals surface area contributed by atoms with Crippen LogP contribution in [0.25, 0.3) is 0 Å². The van der Waals surface area contributed by atoms with Crippen molar-refractivity contribution >= 4 is 5.69 Å². The molecule has 7 nitrogen and oxygen atoms in total. The van der Waals surface area contributed by atoms with E-state index in [2.05, 4.69) is 0 Å². The Kier molecular flexibility index (Phi) is 5.98. The lowest BCUT2D eigenvalue weighted by Gasteiger charge is -2.43. The average molecular weight is 313 g/mol. The Morgan fingerprint density at radius 2 is 1.68 bits per heavy atom. The largest absolute Gasteiger partial charge is 0.485 e. The van der Waals surface area contributed by atoms with Crippen molar-refractivity contribution in [2.24, 2.45) is 0 Å². The summed E-state index contributed by atoms with van der Waals surface area (Å²) in [7, 11) is 4.58. The van der Waals surface area contributed by atoms with E-state index in [0.717, 1.165) is 0 Å². The number of ether oxygens (including phenoxy) is 5. The SMILES string of the molecule is COC[C@H]1O[C@H](O)[C@H](OC)[C@@H](OC)[C@H]1Oc1ccc(N)cc1. The molecule has 0 bridgehead atoms. The van der Waals surface area contributed by atoms with Crippen LogP contribution < -0.4 is 10.5 Å². The van der Waals surface area contributed by atoms with Gasteiger partial charge in [0, 0.05) is 27.0 Å². The molecule has 0 saturated carbocycles. The maximum atomic E-state index is 10.0. The smallest absolute Gasteiger partial charge is 0.184 e. The topological polar surface area (TPSA) is 92.4 Å². The van der Waals surface area contributed by atoms with Gasteiger partial charge in [0.2, 0.25) is 0 Å². The molecule has 0 amide bonds. The molecule has 0 radical (unpaired) electrons. The average Bonchev–Trinajstić information content (AvgIpc) is 2.51. The van der Waals surface area contributed by atoms with E-state index >= 15 is 0 Å². The molecule has 0 unspecified atom stereocenters. The van der Waals surface area contributed by atoms with Gasteiger partial charge in [-0.25, -0.2) is 0 Å². The highest BCUT2D eigenvalue weighted by atomic mass is 16.7. The lowest BCUT2D eigenvalue weighted by atomic mass is 9.98. The first-order valence-corrected chi connectivity index (χ1v) is 7.01. The van der Waals surface area contributed by atoms with E-state index in [4.69, 9.17) is 29.4 Å². The molecule has 22 heavy (non-hydrogen) atoms. The molecule has 1 aliphatic heterocycles. The van der Waals surface area contributed by atoms with Crippen molar-refractivity contribution in [3.05, 3.63) is 24.3 Å². The van der Waals surface area contributed by atoms with E-state index in [1.54, 1.807) is 31.4 Å². The van der Waals surface area contributed by atoms with Crippen molar-refractivity contribution < 1.29 is 28.8 Å². The van der Waals surface area contributed by atoms with E-state index in [0.29, 0.717) is 11.4 Å². The molecule has 5 atom stereocenters. The maximum absolute atomic E-state index is 10.0. The number of aliphatic hydroxyl groups excluding tert-OH is 1. The van der Waals surface area contributed by atoms with Gasteiger partial charge in [0.1, 0.15) is 24.1 Å². The lowest BCUT2D eigenvalue weighted by Crippen LogP contribution is -2.61. The summed E-state index contributed by atoms with van der Waals surface area (Å²) in [5.74, 6) is 0.622. The Balaban J connectivity index is 2.21. The number of aliphatic hydroxyl groups is 1. The third-order valence-corrected chi connectivity index (χ3v) is 3.64. The molecule has 1 aliphatic rings. The van der Waals surface area contributed by atoms with Gasteiger partial charge in [-0.15, -0.1) is 0 Å². The first-order chi connectivity index (χ1) is 10.6. The molecule has 0 aliphatic carbocycles. The quantitative estimate of drug-likeness (QED) is 0.735. The van der Waals surface area contributed by atoms with E-state index < -0.39 is 30.7 Å². The van der Waals surface area contributed by atoms with Crippen LogP contribution in [0.15, 0.2) is 24.3 Å². The summed E-state index contributed by atoms with van der Waals surface area (Å²) < 4.78 is 27.4. The molecule has 2 rings (SSSR count). The minimum atomic E-state index is -1.11. The van der Waals surface area contributed by atoms with Gasteiger partial charge in [-0.2, -0.15) is 0 Å². The summed E-state index contributed by atoms with van der Waals surface area (Å²) in [6, 6.07) is 7.02. The number of anilines is 1. The van der Waals surface area contributed by atoms with Gasteiger partial charge < -0.3 is 34.5 Å². The number of nitrogens with two attached hydrogens (primary N) is 1. The number of nitrogen functional groups attached to an aromatic ring is 1. The highest BCUT2D eigenvalue weighted by Gasteiger charge is 2.47. The fourth-order valence-corrected chi connectivity index (χ4v) is 2.56. The normalized spacial score (nSPS) is 31.9. The van der Waals surface area contributed by atoms with Crippen molar-refractivity contribution in [1.29, 1.82) is 0 Å². The Hall–Kier alpha value is -1.38. The summed E-state index contributed by atoms with van der Waals surface area (Å²) in [6.07, 6.45) is -3.26. The van der Waals surface area contributed by atoms with Crippen molar-refractivity contribution in [2.45, 2.75) is 30.7 Å². The van der Waals surface area contributed by atoms with Gasteiger partial charge in [-0.05, 0) is 24.3 Å². The van der Waals surface area contributed by atoms with E-state index in [9.17, 15) is 5.11 Å². The van der Waals surface area contributed by atoms with Gasteiger partial charge in [0.05, 0.1) is 6.61 Å². The zero-order valence-electron chi connectivity index (χ0n) is 13.0. The number of rotatable bonds is 6. The van der Waals surface area contributed by atoms with Gasteiger partial charge in [-0.3, -0.25) is 0 Å². The molecule has 0 spiro atoms. The molecule has 1 aromatic rings. The van der Waals surface area contributed by atoms with E-state index in [-0.39, 0.29) is 6.61 Å². The summed E-state index contributed by atoms with van der Waals surface area (Å²) in [5, 5.41) is 10.0. The third-order valence-electron chi connectivity index (χ3n) is 3.64. The number of methoxy groups -OCH3 is 3. The predicted octanol–water partition coefficient (Wildman–Crippen LogP) is 0.410. The van der Waals surface area contributed by atoms with Crippen LogP contribution in [0.3, 0.4) is 0 Å². The Labute approximate surface area is 129 Å². The molecule has 1 fully saturated rings. The van der Waals surface area contributed by atoms with Crippen LogP contribution in [0.1, 0.15) is 0 Å². The first-order valence-electron chi connectivity index (χ1n) is 7.01. The van der Waals surface area contributed by atoms with Crippen LogP contribution in [0.4, 0.5) is 5.69 Å². The van der Waals surface area contributed by atoms with Gasteiger partial charge >= 0.3 is 0 Å². The minimum absolute atomic E-state index is 0.257. The first kappa shape index (κ1) is 17.0. The van der Waals surface area contributed by atoms with Crippen molar-refractivity contribution in [1.82, 2.24) is 0 Å². The predicted molar refractivity (Wildman–Crippen MR) is 79.6 cm³/mol. The Bertz CT molecular complexity index is 454. The van der Waals surface area contributed by atoms with Gasteiger partial charge in [0.15, 0.2) is 12.4 Å². The van der Waals surface area contributed by atoms with Crippen molar-refractivity contribution in [3.8, 4) is 5.75 Å². The number of hydrogen-bond donors (Lipinski definition) is 2. The minimum Gasteiger partial charge on any atom is -0.485 e. The molecule has 3 N–H and O–H groups in total. The molecule has 124 valence electrons. The summed E-state index contributed by atoms with van der Waals surface area (Å²) >= 11 is 0. The highest BCUT2D eigenvalue weighted by Crippen LogP contribution is 2.28. The van der Waals surface area contributed by atoms with E-state index in [1.807, 2.05) is 0 Å². The molecule has 1 heterocycles. The Morgan fingerprint density at radius 3 is 2.23 bits per heavy atom. The van der Waals surface area contributed by atoms with Crippen LogP contribution in [0.5, 0.6) is 5.75 Å². The van der Waals surface area contributed by atoms with Crippen molar-refractivity contribution in [3.63, 3.8) is 0 Å². The van der Waals surface area contributed by atoms with Crippen LogP contribution in [0, 0.1) is 0 Å². The Morgan fingerprint density at radius 1 is 1.05 bits per heavy atom. The highest BCUT2D eigenvalue weighted by molar-refractivity contribution is 5.41. The molecule has 1 saturated heterocycles. The van der Waals surface area contributed by atoms with Crippen LogP contribution in [0.2, 0.25) is 0 Å².